The van der Waals surface area contributed by atoms with Crippen molar-refractivity contribution in [1.29, 1.82) is 0 Å². The number of likely N-dealkylation sites (N-methyl/N-ethyl adjacent to an activating group) is 1. The maximum absolute atomic E-state index is 12.7. The van der Waals surface area contributed by atoms with Gasteiger partial charge in [-0.15, -0.1) is 0 Å². The number of aryl methyl sites for hydroxylation is 2. The molecule has 0 aliphatic carbocycles. The van der Waals surface area contributed by atoms with Gasteiger partial charge in [0.15, 0.2) is 17.6 Å². The van der Waals surface area contributed by atoms with Crippen LogP contribution in [-0.4, -0.2) is 42.3 Å². The molecule has 0 saturated heterocycles. The Hall–Kier alpha value is -2.50. The summed E-state index contributed by atoms with van der Waals surface area (Å²) in [5.74, 6) is 1.88. The summed E-state index contributed by atoms with van der Waals surface area (Å²) < 4.78 is 16.7. The van der Waals surface area contributed by atoms with E-state index in [9.17, 15) is 4.79 Å². The first kappa shape index (κ1) is 15.4. The highest BCUT2D eigenvalue weighted by molar-refractivity contribution is 5.96. The minimum atomic E-state index is -0.205. The van der Waals surface area contributed by atoms with Gasteiger partial charge in [-0.3, -0.25) is 4.79 Å². The van der Waals surface area contributed by atoms with Crippen LogP contribution in [0.1, 0.15) is 28.7 Å². The zero-order valence-electron chi connectivity index (χ0n) is 13.5. The largest absolute Gasteiger partial charge is 0.486 e. The van der Waals surface area contributed by atoms with Gasteiger partial charge in [-0.25, -0.2) is 0 Å². The first-order valence-corrected chi connectivity index (χ1v) is 7.69. The number of carbonyl (C=O) groups excluding carboxylic acids is 1. The molecule has 1 aromatic heterocycles. The molecule has 122 valence electrons. The molecule has 0 radical (unpaired) electrons. The lowest BCUT2D eigenvalue weighted by Gasteiger charge is -2.29. The summed E-state index contributed by atoms with van der Waals surface area (Å²) in [6.07, 6.45) is 0.451. The van der Waals surface area contributed by atoms with Gasteiger partial charge in [0, 0.05) is 7.05 Å². The van der Waals surface area contributed by atoms with Crippen LogP contribution >= 0.6 is 0 Å². The Morgan fingerprint density at radius 3 is 2.83 bits per heavy atom. The first-order chi connectivity index (χ1) is 11.1. The van der Waals surface area contributed by atoms with Gasteiger partial charge in [-0.2, -0.15) is 0 Å². The van der Waals surface area contributed by atoms with E-state index in [0.717, 1.165) is 5.75 Å². The molecule has 1 aromatic carbocycles. The van der Waals surface area contributed by atoms with Crippen LogP contribution in [0, 0.1) is 6.92 Å². The van der Waals surface area contributed by atoms with Gasteiger partial charge in [-0.05, 0) is 25.5 Å². The Balaban J connectivity index is 1.69. The van der Waals surface area contributed by atoms with Gasteiger partial charge in [0.2, 0.25) is 0 Å². The number of para-hydroxylation sites is 2. The van der Waals surface area contributed by atoms with Crippen LogP contribution in [0.3, 0.4) is 0 Å². The lowest BCUT2D eigenvalue weighted by molar-refractivity contribution is 0.0519. The molecule has 23 heavy (non-hydrogen) atoms. The fourth-order valence-corrected chi connectivity index (χ4v) is 2.67. The number of nitrogens with zero attached hydrogens (tertiary/aromatic N) is 2. The van der Waals surface area contributed by atoms with Crippen molar-refractivity contribution in [2.75, 3.05) is 20.2 Å². The van der Waals surface area contributed by atoms with E-state index in [2.05, 4.69) is 5.16 Å². The number of rotatable bonds is 4. The van der Waals surface area contributed by atoms with Crippen molar-refractivity contribution in [3.05, 3.63) is 41.3 Å². The van der Waals surface area contributed by atoms with E-state index < -0.39 is 0 Å². The summed E-state index contributed by atoms with van der Waals surface area (Å²) >= 11 is 0. The van der Waals surface area contributed by atoms with Gasteiger partial charge in [-0.1, -0.05) is 24.2 Å². The van der Waals surface area contributed by atoms with Crippen LogP contribution in [0.2, 0.25) is 0 Å². The van der Waals surface area contributed by atoms with Crippen molar-refractivity contribution in [2.45, 2.75) is 26.4 Å². The molecule has 0 N–H and O–H groups in total. The van der Waals surface area contributed by atoms with Crippen LogP contribution in [-0.2, 0) is 6.42 Å². The quantitative estimate of drug-likeness (QED) is 0.867. The van der Waals surface area contributed by atoms with Crippen LogP contribution in [0.4, 0.5) is 0 Å². The second kappa shape index (κ2) is 6.32. The molecule has 2 heterocycles. The van der Waals surface area contributed by atoms with E-state index in [1.807, 2.05) is 31.2 Å². The van der Waals surface area contributed by atoms with Gasteiger partial charge in [0.05, 0.1) is 12.2 Å². The summed E-state index contributed by atoms with van der Waals surface area (Å²) in [4.78, 5) is 14.3. The highest BCUT2D eigenvalue weighted by Crippen LogP contribution is 2.31. The number of amides is 1. The number of hydrogen-bond acceptors (Lipinski definition) is 5. The molecule has 0 bridgehead atoms. The summed E-state index contributed by atoms with van der Waals surface area (Å²) in [7, 11) is 1.75. The Labute approximate surface area is 135 Å². The molecule has 0 fully saturated rings. The van der Waals surface area contributed by atoms with Gasteiger partial charge in [0.1, 0.15) is 17.9 Å². The smallest absolute Gasteiger partial charge is 0.259 e. The van der Waals surface area contributed by atoms with Crippen molar-refractivity contribution >= 4 is 5.91 Å². The fourth-order valence-electron chi connectivity index (χ4n) is 2.67. The molecule has 0 saturated carbocycles. The monoisotopic (exact) mass is 316 g/mol. The molecule has 0 unspecified atom stereocenters. The lowest BCUT2D eigenvalue weighted by atomic mass is 10.1. The third-order valence-electron chi connectivity index (χ3n) is 3.87. The van der Waals surface area contributed by atoms with E-state index in [1.54, 1.807) is 18.9 Å². The molecule has 6 heteroatoms. The molecule has 1 aliphatic heterocycles. The molecule has 1 amide bonds. The predicted molar refractivity (Wildman–Crippen MR) is 83.9 cm³/mol. The molecule has 1 aliphatic rings. The molecule has 2 aromatic rings. The average Bonchev–Trinajstić information content (AvgIpc) is 2.94. The number of aromatic nitrogens is 1. The van der Waals surface area contributed by atoms with Crippen molar-refractivity contribution in [1.82, 2.24) is 10.1 Å². The van der Waals surface area contributed by atoms with E-state index in [4.69, 9.17) is 14.0 Å². The number of carbonyl (C=O) groups is 1. The standard InChI is InChI=1S/C17H20N2O4/c1-4-13-16(11(2)23-18-13)17(20)19(3)9-12-10-21-14-7-5-6-8-15(14)22-12/h5-8,12H,4,9-10H2,1-3H3/t12-/m0/s1. The van der Waals surface area contributed by atoms with Gasteiger partial charge >= 0.3 is 0 Å². The Kier molecular flexibility index (Phi) is 4.23. The van der Waals surface area contributed by atoms with E-state index in [1.165, 1.54) is 0 Å². The van der Waals surface area contributed by atoms with Crippen molar-refractivity contribution in [3.8, 4) is 11.5 Å². The van der Waals surface area contributed by atoms with Crippen LogP contribution in [0.5, 0.6) is 11.5 Å². The fraction of sp³-hybridized carbons (Fsp3) is 0.412. The average molecular weight is 316 g/mol. The normalized spacial score (nSPS) is 16.2. The summed E-state index contributed by atoms with van der Waals surface area (Å²) in [6, 6.07) is 7.53. The van der Waals surface area contributed by atoms with E-state index in [0.29, 0.717) is 42.3 Å². The zero-order valence-corrected chi connectivity index (χ0v) is 13.5. The molecule has 1 atom stereocenters. The molecular formula is C17H20N2O4. The summed E-state index contributed by atoms with van der Waals surface area (Å²) in [5, 5.41) is 3.94. The predicted octanol–water partition coefficient (Wildman–Crippen LogP) is 2.46. The van der Waals surface area contributed by atoms with Crippen molar-refractivity contribution in [2.24, 2.45) is 0 Å². The molecule has 6 nitrogen and oxygen atoms in total. The maximum Gasteiger partial charge on any atom is 0.259 e. The third-order valence-corrected chi connectivity index (χ3v) is 3.87. The Morgan fingerprint density at radius 1 is 1.35 bits per heavy atom. The van der Waals surface area contributed by atoms with Crippen LogP contribution in [0.25, 0.3) is 0 Å². The summed E-state index contributed by atoms with van der Waals surface area (Å²) in [5.41, 5.74) is 1.23. The minimum absolute atomic E-state index is 0.108. The SMILES string of the molecule is CCc1noc(C)c1C(=O)N(C)C[C@H]1COc2ccccc2O1. The third kappa shape index (κ3) is 3.02. The topological polar surface area (TPSA) is 64.8 Å². The second-order valence-electron chi connectivity index (χ2n) is 5.60. The molecular weight excluding hydrogens is 296 g/mol. The van der Waals surface area contributed by atoms with Crippen LogP contribution in [0.15, 0.2) is 28.8 Å². The minimum Gasteiger partial charge on any atom is -0.486 e. The second-order valence-corrected chi connectivity index (χ2v) is 5.60. The maximum atomic E-state index is 12.7. The Morgan fingerprint density at radius 2 is 2.09 bits per heavy atom. The Bertz CT molecular complexity index is 710. The molecule has 3 rings (SSSR count). The lowest BCUT2D eigenvalue weighted by Crippen LogP contribution is -2.42. The summed E-state index contributed by atoms with van der Waals surface area (Å²) in [6.45, 7) is 4.55. The highest BCUT2D eigenvalue weighted by atomic mass is 16.6. The van der Waals surface area contributed by atoms with Gasteiger partial charge in [0.25, 0.3) is 5.91 Å². The number of ether oxygens (including phenoxy) is 2. The zero-order chi connectivity index (χ0) is 16.4. The molecule has 0 spiro atoms. The highest BCUT2D eigenvalue weighted by Gasteiger charge is 2.27. The number of fused-ring (bicyclic) bond motifs is 1. The van der Waals surface area contributed by atoms with Crippen molar-refractivity contribution in [3.63, 3.8) is 0 Å². The van der Waals surface area contributed by atoms with Crippen LogP contribution < -0.4 is 9.47 Å². The van der Waals surface area contributed by atoms with E-state index in [-0.39, 0.29) is 12.0 Å². The first-order valence-electron chi connectivity index (χ1n) is 7.69. The number of benzene rings is 1. The number of hydrogen-bond donors (Lipinski definition) is 0. The van der Waals surface area contributed by atoms with Gasteiger partial charge < -0.3 is 18.9 Å². The van der Waals surface area contributed by atoms with Crippen molar-refractivity contribution < 1.29 is 18.8 Å². The van der Waals surface area contributed by atoms with E-state index >= 15 is 0 Å².